The van der Waals surface area contributed by atoms with Crippen LogP contribution in [-0.2, 0) is 30.2 Å². The van der Waals surface area contributed by atoms with E-state index in [1.807, 2.05) is 6.92 Å². The van der Waals surface area contributed by atoms with Gasteiger partial charge < -0.3 is 14.2 Å². The number of aromatic nitrogens is 4. The molecule has 12 nitrogen and oxygen atoms in total. The van der Waals surface area contributed by atoms with Crippen LogP contribution in [0, 0.1) is 17.8 Å². The Balaban J connectivity index is 1.43. The first-order valence-electron chi connectivity index (χ1n) is 14.1. The number of hydrogen-bond donors (Lipinski definition) is 0. The number of methoxy groups -OCH3 is 1. The number of rotatable bonds is 9. The van der Waals surface area contributed by atoms with Crippen molar-refractivity contribution in [2.24, 2.45) is 17.8 Å². The molecule has 1 saturated carbocycles. The lowest BCUT2D eigenvalue weighted by Crippen LogP contribution is -2.55. The zero-order valence-corrected chi connectivity index (χ0v) is 23.1. The topological polar surface area (TPSA) is 129 Å². The summed E-state index contributed by atoms with van der Waals surface area (Å²) in [5.74, 6) is 1.15. The van der Waals surface area contributed by atoms with Gasteiger partial charge in [0, 0.05) is 26.1 Å². The van der Waals surface area contributed by atoms with Gasteiger partial charge in [-0.2, -0.15) is 4.80 Å². The third-order valence-electron chi connectivity index (χ3n) is 8.25. The van der Waals surface area contributed by atoms with Gasteiger partial charge in [-0.15, -0.1) is 10.2 Å². The molecule has 1 aromatic heterocycles. The van der Waals surface area contributed by atoms with E-state index in [-0.39, 0.29) is 30.6 Å². The van der Waals surface area contributed by atoms with Crippen LogP contribution in [0.5, 0.6) is 0 Å². The Bertz CT molecular complexity index is 972. The van der Waals surface area contributed by atoms with Gasteiger partial charge >= 0.3 is 18.0 Å². The number of nitrogens with zero attached hydrogens (tertiary/aromatic N) is 6. The highest BCUT2D eigenvalue weighted by Gasteiger charge is 2.46. The fourth-order valence-corrected chi connectivity index (χ4v) is 6.49. The number of ether oxygens (including phenoxy) is 3. The van der Waals surface area contributed by atoms with Gasteiger partial charge in [-0.05, 0) is 75.3 Å². The third kappa shape index (κ3) is 6.27. The highest BCUT2D eigenvalue weighted by atomic mass is 16.6. The van der Waals surface area contributed by atoms with Gasteiger partial charge in [0.1, 0.15) is 12.1 Å². The minimum absolute atomic E-state index is 0.0321. The fourth-order valence-electron chi connectivity index (χ4n) is 6.49. The van der Waals surface area contributed by atoms with Crippen molar-refractivity contribution >= 4 is 18.0 Å². The van der Waals surface area contributed by atoms with Crippen LogP contribution in [0.15, 0.2) is 0 Å². The number of esters is 2. The van der Waals surface area contributed by atoms with Crippen molar-refractivity contribution in [2.45, 2.75) is 83.8 Å². The quantitative estimate of drug-likeness (QED) is 0.343. The molecule has 0 radical (unpaired) electrons. The van der Waals surface area contributed by atoms with E-state index in [1.54, 1.807) is 16.6 Å². The molecule has 3 fully saturated rings. The molecular formula is C26H42N6O6. The van der Waals surface area contributed by atoms with E-state index in [0.29, 0.717) is 50.3 Å². The Kier molecular flexibility index (Phi) is 9.56. The van der Waals surface area contributed by atoms with E-state index in [0.717, 1.165) is 44.5 Å². The largest absolute Gasteiger partial charge is 0.465 e. The molecule has 1 aliphatic carbocycles. The van der Waals surface area contributed by atoms with E-state index in [1.165, 1.54) is 7.11 Å². The van der Waals surface area contributed by atoms with Gasteiger partial charge in [0.2, 0.25) is 0 Å². The van der Waals surface area contributed by atoms with Crippen molar-refractivity contribution in [1.29, 1.82) is 0 Å². The molecule has 0 aromatic carbocycles. The second kappa shape index (κ2) is 12.9. The SMILES string of the molecule is CCCc1nnn(C2CC(C(=O)OCC)N(CC3CCC4CN(C(=O)OC)C(C(=O)OCC)CC4C3)C2)n1. The van der Waals surface area contributed by atoms with Crippen molar-refractivity contribution in [3.8, 4) is 0 Å². The first-order chi connectivity index (χ1) is 18.4. The van der Waals surface area contributed by atoms with Gasteiger partial charge in [0.05, 0.1) is 26.4 Å². The Morgan fingerprint density at radius 1 is 0.921 bits per heavy atom. The van der Waals surface area contributed by atoms with Crippen molar-refractivity contribution in [3.63, 3.8) is 0 Å². The van der Waals surface area contributed by atoms with Crippen LogP contribution in [-0.4, -0.2) is 100 Å². The number of carbonyl (C=O) groups is 3. The minimum atomic E-state index is -0.624. The number of tetrazole rings is 1. The Labute approximate surface area is 224 Å². The molecule has 2 aliphatic heterocycles. The lowest BCUT2D eigenvalue weighted by atomic mass is 9.69. The maximum absolute atomic E-state index is 12.9. The van der Waals surface area contributed by atoms with Crippen LogP contribution in [0.25, 0.3) is 0 Å². The molecule has 6 atom stereocenters. The lowest BCUT2D eigenvalue weighted by molar-refractivity contribution is -0.153. The Morgan fingerprint density at radius 2 is 1.66 bits per heavy atom. The minimum Gasteiger partial charge on any atom is -0.465 e. The summed E-state index contributed by atoms with van der Waals surface area (Å²) in [7, 11) is 1.34. The highest BCUT2D eigenvalue weighted by Crippen LogP contribution is 2.42. The van der Waals surface area contributed by atoms with Crippen LogP contribution in [0.2, 0.25) is 0 Å². The van der Waals surface area contributed by atoms with Gasteiger partial charge in [0.25, 0.3) is 0 Å². The summed E-state index contributed by atoms with van der Waals surface area (Å²) in [5.41, 5.74) is 0. The fraction of sp³-hybridized carbons (Fsp3) is 0.846. The summed E-state index contributed by atoms with van der Waals surface area (Å²) in [6.07, 6.45) is 5.32. The van der Waals surface area contributed by atoms with Crippen molar-refractivity contribution in [2.75, 3.05) is 40.0 Å². The molecule has 1 aromatic rings. The first kappa shape index (κ1) is 28.3. The van der Waals surface area contributed by atoms with Gasteiger partial charge in [-0.1, -0.05) is 6.92 Å². The van der Waals surface area contributed by atoms with Crippen molar-refractivity contribution < 1.29 is 28.6 Å². The summed E-state index contributed by atoms with van der Waals surface area (Å²) in [5, 5.41) is 13.0. The van der Waals surface area contributed by atoms with Crippen molar-refractivity contribution in [1.82, 2.24) is 30.0 Å². The van der Waals surface area contributed by atoms with E-state index in [9.17, 15) is 14.4 Å². The normalized spacial score (nSPS) is 29.5. The van der Waals surface area contributed by atoms with Gasteiger partial charge in [-0.3, -0.25) is 14.6 Å². The number of carbonyl (C=O) groups excluding carboxylic acids is 3. The van der Waals surface area contributed by atoms with Crippen LogP contribution >= 0.6 is 0 Å². The molecular weight excluding hydrogens is 492 g/mol. The average Bonchev–Trinajstić information content (AvgIpc) is 3.55. The number of likely N-dealkylation sites (tertiary alicyclic amines) is 2. The molecule has 3 aliphatic rings. The molecule has 0 bridgehead atoms. The molecule has 212 valence electrons. The first-order valence-corrected chi connectivity index (χ1v) is 14.1. The van der Waals surface area contributed by atoms with E-state index in [4.69, 9.17) is 14.2 Å². The monoisotopic (exact) mass is 534 g/mol. The molecule has 4 rings (SSSR count). The summed E-state index contributed by atoms with van der Waals surface area (Å²) in [6, 6.07) is -0.997. The number of amides is 1. The van der Waals surface area contributed by atoms with E-state index in [2.05, 4.69) is 27.2 Å². The second-order valence-corrected chi connectivity index (χ2v) is 10.7. The van der Waals surface area contributed by atoms with E-state index < -0.39 is 12.1 Å². The molecule has 0 spiro atoms. The lowest BCUT2D eigenvalue weighted by Gasteiger charge is -2.46. The maximum Gasteiger partial charge on any atom is 0.410 e. The van der Waals surface area contributed by atoms with Crippen LogP contribution in [0.1, 0.15) is 71.2 Å². The van der Waals surface area contributed by atoms with Crippen molar-refractivity contribution in [3.05, 3.63) is 5.82 Å². The third-order valence-corrected chi connectivity index (χ3v) is 8.25. The molecule has 1 amide bonds. The predicted octanol–water partition coefficient (Wildman–Crippen LogP) is 2.24. The van der Waals surface area contributed by atoms with Gasteiger partial charge in [0.15, 0.2) is 5.82 Å². The summed E-state index contributed by atoms with van der Waals surface area (Å²) in [6.45, 7) is 8.23. The van der Waals surface area contributed by atoms with Crippen LogP contribution in [0.4, 0.5) is 4.79 Å². The summed E-state index contributed by atoms with van der Waals surface area (Å²) in [4.78, 5) is 43.4. The smallest absolute Gasteiger partial charge is 0.410 e. The molecule has 0 N–H and O–H groups in total. The number of piperidine rings is 1. The molecule has 3 heterocycles. The molecule has 6 unspecified atom stereocenters. The molecule has 38 heavy (non-hydrogen) atoms. The summed E-state index contributed by atoms with van der Waals surface area (Å²) < 4.78 is 15.7. The maximum atomic E-state index is 12.9. The standard InChI is InChI=1S/C26H42N6O6/c1-5-8-23-27-29-32(28-23)20-13-21(24(33)37-6-2)30(16-20)14-17-9-10-18-15-31(26(35)36-4)22(12-19(18)11-17)25(34)38-7-3/h17-22H,5-16H2,1-4H3. The molecule has 12 heteroatoms. The summed E-state index contributed by atoms with van der Waals surface area (Å²) >= 11 is 0. The van der Waals surface area contributed by atoms with Crippen LogP contribution < -0.4 is 0 Å². The highest BCUT2D eigenvalue weighted by molar-refractivity contribution is 5.81. The molecule has 2 saturated heterocycles. The van der Waals surface area contributed by atoms with Gasteiger partial charge in [-0.25, -0.2) is 9.59 Å². The van der Waals surface area contributed by atoms with Crippen LogP contribution in [0.3, 0.4) is 0 Å². The second-order valence-electron chi connectivity index (χ2n) is 10.7. The zero-order chi connectivity index (χ0) is 27.2. The predicted molar refractivity (Wildman–Crippen MR) is 136 cm³/mol. The Morgan fingerprint density at radius 3 is 2.34 bits per heavy atom. The number of hydrogen-bond acceptors (Lipinski definition) is 10. The number of fused-ring (bicyclic) bond motifs is 1. The Hall–Kier alpha value is -2.76. The average molecular weight is 535 g/mol. The zero-order valence-electron chi connectivity index (χ0n) is 23.1. The number of aryl methyl sites for hydroxylation is 1. The van der Waals surface area contributed by atoms with E-state index >= 15 is 0 Å².